The van der Waals surface area contributed by atoms with Gasteiger partial charge in [0, 0.05) is 58.8 Å². The Morgan fingerprint density at radius 1 is 0.321 bits per heavy atom. The highest BCUT2D eigenvalue weighted by Gasteiger charge is 2.01. The normalized spacial score (nSPS) is 10.7. The predicted octanol–water partition coefficient (Wildman–Crippen LogP) is 3.84. The molecular weight excluding hydrogens is 707 g/mol. The number of carbonyl (C=O) groups excluding carboxylic acids is 1. The van der Waals surface area contributed by atoms with Crippen LogP contribution in [0.3, 0.4) is 0 Å². The van der Waals surface area contributed by atoms with Crippen molar-refractivity contribution in [3.05, 3.63) is 0 Å². The summed E-state index contributed by atoms with van der Waals surface area (Å²) in [4.78, 5) is 10.7. The Hall–Kier alpha value is -3.53. The van der Waals surface area contributed by atoms with Crippen molar-refractivity contribution in [1.82, 2.24) is 47.9 Å². The summed E-state index contributed by atoms with van der Waals surface area (Å²) < 4.78 is 0. The van der Waals surface area contributed by atoms with Crippen molar-refractivity contribution in [3.8, 4) is 0 Å². The van der Waals surface area contributed by atoms with Gasteiger partial charge in [-0.15, -0.1) is 0 Å². The Kier molecular flexibility index (Phi) is 39.9. The van der Waals surface area contributed by atoms with Crippen LogP contribution in [-0.2, 0) is 4.79 Å². The number of primary amides is 1. The first-order valence-corrected chi connectivity index (χ1v) is 22.3. The van der Waals surface area contributed by atoms with Gasteiger partial charge in [-0.05, 0) is 96.7 Å². The van der Waals surface area contributed by atoms with E-state index in [4.69, 9.17) is 33.1 Å². The fourth-order valence-electron chi connectivity index (χ4n) is 5.97. The summed E-state index contributed by atoms with van der Waals surface area (Å²) >= 11 is 0. The zero-order chi connectivity index (χ0) is 41.0. The molecule has 0 saturated heterocycles. The number of guanidine groups is 4. The van der Waals surface area contributed by atoms with Crippen LogP contribution >= 0.6 is 0 Å². The summed E-state index contributed by atoms with van der Waals surface area (Å²) in [5.41, 5.74) is 10.7. The second kappa shape index (κ2) is 42.6. The first-order valence-electron chi connectivity index (χ1n) is 22.3. The van der Waals surface area contributed by atoms with E-state index in [-0.39, 0.29) is 5.91 Å². The number of nitrogens with two attached hydrogens (primary N) is 2. The molecule has 0 spiro atoms. The van der Waals surface area contributed by atoms with Gasteiger partial charge in [-0.25, -0.2) is 0 Å². The van der Waals surface area contributed by atoms with Gasteiger partial charge in [0.1, 0.15) is 0 Å². The summed E-state index contributed by atoms with van der Waals surface area (Å²) in [6.45, 7) is 9.40. The van der Waals surface area contributed by atoms with E-state index in [1.807, 2.05) is 0 Å². The molecule has 328 valence electrons. The van der Waals surface area contributed by atoms with E-state index in [0.29, 0.717) is 30.3 Å². The van der Waals surface area contributed by atoms with Crippen LogP contribution in [0.5, 0.6) is 0 Å². The first-order chi connectivity index (χ1) is 27.3. The largest absolute Gasteiger partial charge is 0.370 e. The molecule has 0 atom stereocenters. The molecule has 0 saturated carbocycles. The molecule has 0 radical (unpaired) electrons. The van der Waals surface area contributed by atoms with Crippen LogP contribution in [0.25, 0.3) is 0 Å². The maximum absolute atomic E-state index is 10.7. The fourth-order valence-corrected chi connectivity index (χ4v) is 5.97. The van der Waals surface area contributed by atoms with Gasteiger partial charge >= 0.3 is 0 Å². The number of hydrogen-bond acceptors (Lipinski definition) is 7. The fraction of sp³-hybridized carbons (Fsp3) is 0.875. The maximum Gasteiger partial charge on any atom is 0.217 e. The predicted molar refractivity (Wildman–Crippen MR) is 237 cm³/mol. The number of carbonyl (C=O) groups is 1. The van der Waals surface area contributed by atoms with Crippen molar-refractivity contribution in [1.29, 1.82) is 21.6 Å². The van der Waals surface area contributed by atoms with Gasteiger partial charge in [0.25, 0.3) is 0 Å². The third-order valence-corrected chi connectivity index (χ3v) is 9.41. The lowest BCUT2D eigenvalue weighted by atomic mass is 10.2. The van der Waals surface area contributed by atoms with Crippen LogP contribution in [0.2, 0.25) is 0 Å². The third kappa shape index (κ3) is 43.2. The van der Waals surface area contributed by atoms with E-state index >= 15 is 0 Å². The minimum atomic E-state index is -0.254. The molecule has 0 fully saturated rings. The maximum atomic E-state index is 10.7. The quantitative estimate of drug-likeness (QED) is 0.0241. The molecule has 0 aromatic carbocycles. The number of amides is 1. The van der Waals surface area contributed by atoms with Crippen molar-refractivity contribution in [2.24, 2.45) is 11.5 Å². The van der Waals surface area contributed by atoms with E-state index in [1.165, 1.54) is 38.5 Å². The van der Waals surface area contributed by atoms with Crippen LogP contribution in [-0.4, -0.2) is 102 Å². The minimum absolute atomic E-state index is 0.254. The van der Waals surface area contributed by atoms with E-state index in [0.717, 1.165) is 181 Å². The molecule has 0 aromatic heterocycles. The molecule has 0 aliphatic carbocycles. The molecule has 0 aliphatic heterocycles. The second-order valence-electron chi connectivity index (χ2n) is 14.8. The summed E-state index contributed by atoms with van der Waals surface area (Å²) in [5, 5.41) is 60.7. The van der Waals surface area contributed by atoms with E-state index in [2.05, 4.69) is 47.9 Å². The standard InChI is InChI=1S/C40H87N15O/c41-25-13-1-2-14-26-47-27-15-3-4-16-28-48-37(43)49-29-17-5-6-18-30-50-38(44)51-31-19-7-8-20-32-52-39(45)53-33-21-9-10-22-34-54-40(46)55-35-23-11-12-24-36(42)56/h47H,1-35,41H2,(H2,42,56)(H3,43,48,49)(H3,44,50,51)(H3,45,52,53)(H3,46,54,55). The Morgan fingerprint density at radius 2 is 0.536 bits per heavy atom. The first kappa shape index (κ1) is 52.5. The lowest BCUT2D eigenvalue weighted by molar-refractivity contribution is -0.118. The van der Waals surface area contributed by atoms with Gasteiger partial charge in [0.2, 0.25) is 5.91 Å². The van der Waals surface area contributed by atoms with E-state index in [1.54, 1.807) is 0 Å². The van der Waals surface area contributed by atoms with E-state index in [9.17, 15) is 4.79 Å². The van der Waals surface area contributed by atoms with Crippen molar-refractivity contribution in [3.63, 3.8) is 0 Å². The van der Waals surface area contributed by atoms with Crippen LogP contribution in [0.15, 0.2) is 0 Å². The molecule has 17 N–H and O–H groups in total. The molecule has 0 aromatic rings. The zero-order valence-corrected chi connectivity index (χ0v) is 35.3. The molecule has 16 nitrogen and oxygen atoms in total. The highest BCUT2D eigenvalue weighted by Crippen LogP contribution is 2.02. The number of hydrogen-bond donors (Lipinski definition) is 15. The van der Waals surface area contributed by atoms with Gasteiger partial charge in [0.05, 0.1) is 0 Å². The lowest BCUT2D eigenvalue weighted by Gasteiger charge is -2.12. The molecule has 16 heteroatoms. The SMILES string of the molecule is N=C(NCCCCCCNCCCCCCN)NCCCCCCNC(=N)NCCCCCCNC(=N)NCCCCCCNC(=N)NCCCCCC(N)=O. The van der Waals surface area contributed by atoms with Crippen LogP contribution in [0.4, 0.5) is 0 Å². The van der Waals surface area contributed by atoms with Gasteiger partial charge in [0.15, 0.2) is 23.8 Å². The monoisotopic (exact) mass is 794 g/mol. The van der Waals surface area contributed by atoms with Crippen molar-refractivity contribution in [2.45, 2.75) is 154 Å². The van der Waals surface area contributed by atoms with Crippen LogP contribution in [0, 0.1) is 21.6 Å². The van der Waals surface area contributed by atoms with Gasteiger partial charge < -0.3 is 59.3 Å². The van der Waals surface area contributed by atoms with Crippen LogP contribution < -0.4 is 59.3 Å². The van der Waals surface area contributed by atoms with Crippen LogP contribution in [0.1, 0.15) is 154 Å². The van der Waals surface area contributed by atoms with Gasteiger partial charge in [-0.2, -0.15) is 0 Å². The highest BCUT2D eigenvalue weighted by atomic mass is 16.1. The molecule has 56 heavy (non-hydrogen) atoms. The molecule has 0 rings (SSSR count). The summed E-state index contributed by atoms with van der Waals surface area (Å²) in [6.07, 6.45) is 25.5. The Bertz CT molecular complexity index is 953. The topological polar surface area (TPSA) is 273 Å². The Balaban J connectivity index is 3.35. The summed E-state index contributed by atoms with van der Waals surface area (Å²) in [7, 11) is 0. The van der Waals surface area contributed by atoms with Crippen molar-refractivity contribution < 1.29 is 4.79 Å². The third-order valence-electron chi connectivity index (χ3n) is 9.41. The highest BCUT2D eigenvalue weighted by molar-refractivity contribution is 5.77. The average molecular weight is 794 g/mol. The number of rotatable bonds is 40. The number of unbranched alkanes of at least 4 members (excludes halogenated alkanes) is 17. The van der Waals surface area contributed by atoms with Gasteiger partial charge in [-0.1, -0.05) is 70.6 Å². The molecule has 1 amide bonds. The average Bonchev–Trinajstić information content (AvgIpc) is 3.17. The molecule has 0 unspecified atom stereocenters. The molecular formula is C40H87N15O. The number of nitrogens with one attached hydrogen (secondary N) is 13. The van der Waals surface area contributed by atoms with E-state index < -0.39 is 0 Å². The Morgan fingerprint density at radius 3 is 0.768 bits per heavy atom. The lowest BCUT2D eigenvalue weighted by Crippen LogP contribution is -2.37. The summed E-state index contributed by atoms with van der Waals surface area (Å²) in [6, 6.07) is 0. The minimum Gasteiger partial charge on any atom is -0.370 e. The second-order valence-corrected chi connectivity index (χ2v) is 14.8. The molecule has 0 aliphatic rings. The molecule has 0 heterocycles. The van der Waals surface area contributed by atoms with Crippen molar-refractivity contribution >= 4 is 29.7 Å². The van der Waals surface area contributed by atoms with Gasteiger partial charge in [-0.3, -0.25) is 26.4 Å². The zero-order valence-electron chi connectivity index (χ0n) is 35.3. The smallest absolute Gasteiger partial charge is 0.217 e. The van der Waals surface area contributed by atoms with Crippen molar-refractivity contribution in [2.75, 3.05) is 72.0 Å². The Labute approximate surface area is 341 Å². The molecule has 0 bridgehead atoms. The summed E-state index contributed by atoms with van der Waals surface area (Å²) in [5.74, 6) is 1.33.